The van der Waals surface area contributed by atoms with Crippen molar-refractivity contribution in [3.8, 4) is 11.5 Å². The lowest BCUT2D eigenvalue weighted by Gasteiger charge is -2.09. The number of benzene rings is 2. The van der Waals surface area contributed by atoms with Crippen molar-refractivity contribution in [1.82, 2.24) is 0 Å². The first-order valence-corrected chi connectivity index (χ1v) is 6.04. The van der Waals surface area contributed by atoms with E-state index < -0.39 is 6.61 Å². The van der Waals surface area contributed by atoms with E-state index in [4.69, 9.17) is 9.84 Å². The Morgan fingerprint density at radius 3 is 2.30 bits per heavy atom. The first-order valence-electron chi connectivity index (χ1n) is 6.04. The quantitative estimate of drug-likeness (QED) is 0.881. The average molecular weight is 280 g/mol. The zero-order valence-electron chi connectivity index (χ0n) is 10.6. The van der Waals surface area contributed by atoms with E-state index in [-0.39, 0.29) is 19.0 Å². The standard InChI is InChI=1S/C15H14F2O3/c16-15(17)20-14-6-2-4-12(8-14)10-19-13-5-1-3-11(7-13)9-18/h1-8,15,18H,9-10H2. The Morgan fingerprint density at radius 2 is 1.60 bits per heavy atom. The SMILES string of the molecule is OCc1cccc(OCc2cccc(OC(F)F)c2)c1. The fourth-order valence-corrected chi connectivity index (χ4v) is 1.71. The van der Waals surface area contributed by atoms with E-state index in [2.05, 4.69) is 4.74 Å². The summed E-state index contributed by atoms with van der Waals surface area (Å²) in [6, 6.07) is 13.4. The van der Waals surface area contributed by atoms with Gasteiger partial charge in [-0.1, -0.05) is 24.3 Å². The van der Waals surface area contributed by atoms with Crippen molar-refractivity contribution >= 4 is 0 Å². The summed E-state index contributed by atoms with van der Waals surface area (Å²) in [5.74, 6) is 0.710. The summed E-state index contributed by atoms with van der Waals surface area (Å²) in [5, 5.41) is 9.02. The van der Waals surface area contributed by atoms with Crippen molar-refractivity contribution in [2.45, 2.75) is 19.8 Å². The molecule has 2 aromatic carbocycles. The zero-order valence-corrected chi connectivity index (χ0v) is 10.6. The van der Waals surface area contributed by atoms with Crippen LogP contribution >= 0.6 is 0 Å². The van der Waals surface area contributed by atoms with Crippen molar-refractivity contribution in [3.05, 3.63) is 59.7 Å². The van der Waals surface area contributed by atoms with E-state index >= 15 is 0 Å². The third kappa shape index (κ3) is 4.20. The molecule has 2 rings (SSSR count). The number of hydrogen-bond acceptors (Lipinski definition) is 3. The van der Waals surface area contributed by atoms with Crippen LogP contribution in [0.3, 0.4) is 0 Å². The molecule has 0 saturated carbocycles. The molecule has 0 aliphatic carbocycles. The lowest BCUT2D eigenvalue weighted by atomic mass is 10.2. The van der Waals surface area contributed by atoms with E-state index in [0.717, 1.165) is 11.1 Å². The summed E-state index contributed by atoms with van der Waals surface area (Å²) in [6.07, 6.45) is 0. The van der Waals surface area contributed by atoms with Gasteiger partial charge < -0.3 is 14.6 Å². The molecular formula is C15H14F2O3. The molecule has 0 spiro atoms. The lowest BCUT2D eigenvalue weighted by molar-refractivity contribution is -0.0499. The zero-order chi connectivity index (χ0) is 14.4. The van der Waals surface area contributed by atoms with Crippen LogP contribution in [0.4, 0.5) is 8.78 Å². The van der Waals surface area contributed by atoms with Gasteiger partial charge in [0.2, 0.25) is 0 Å². The fraction of sp³-hybridized carbons (Fsp3) is 0.200. The monoisotopic (exact) mass is 280 g/mol. The van der Waals surface area contributed by atoms with E-state index in [9.17, 15) is 8.78 Å². The van der Waals surface area contributed by atoms with Crippen molar-refractivity contribution in [2.24, 2.45) is 0 Å². The molecule has 0 atom stereocenters. The Kier molecular flexibility index (Phi) is 4.90. The molecule has 0 radical (unpaired) electrons. The van der Waals surface area contributed by atoms with Gasteiger partial charge in [-0.05, 0) is 35.4 Å². The summed E-state index contributed by atoms with van der Waals surface area (Å²) >= 11 is 0. The Hall–Kier alpha value is -2.14. The van der Waals surface area contributed by atoms with Gasteiger partial charge in [-0.15, -0.1) is 0 Å². The second-order valence-electron chi connectivity index (χ2n) is 4.12. The average Bonchev–Trinajstić information content (AvgIpc) is 2.45. The van der Waals surface area contributed by atoms with Crippen LogP contribution in [0.25, 0.3) is 0 Å². The Morgan fingerprint density at radius 1 is 0.950 bits per heavy atom. The largest absolute Gasteiger partial charge is 0.489 e. The molecule has 0 amide bonds. The smallest absolute Gasteiger partial charge is 0.387 e. The van der Waals surface area contributed by atoms with Gasteiger partial charge in [0.25, 0.3) is 0 Å². The second-order valence-corrected chi connectivity index (χ2v) is 4.12. The van der Waals surface area contributed by atoms with Gasteiger partial charge >= 0.3 is 6.61 Å². The topological polar surface area (TPSA) is 38.7 Å². The third-order valence-electron chi connectivity index (χ3n) is 2.61. The molecule has 106 valence electrons. The number of alkyl halides is 2. The second kappa shape index (κ2) is 6.86. The van der Waals surface area contributed by atoms with Gasteiger partial charge in [0, 0.05) is 0 Å². The molecule has 2 aromatic rings. The molecule has 0 unspecified atom stereocenters. The molecular weight excluding hydrogens is 266 g/mol. The van der Waals surface area contributed by atoms with Crippen LogP contribution in [-0.4, -0.2) is 11.7 Å². The summed E-state index contributed by atoms with van der Waals surface area (Å²) in [5.41, 5.74) is 1.47. The highest BCUT2D eigenvalue weighted by Gasteiger charge is 2.05. The van der Waals surface area contributed by atoms with Crippen LogP contribution in [0.2, 0.25) is 0 Å². The van der Waals surface area contributed by atoms with Gasteiger partial charge in [-0.2, -0.15) is 8.78 Å². The maximum Gasteiger partial charge on any atom is 0.387 e. The van der Waals surface area contributed by atoms with Crippen LogP contribution in [0.5, 0.6) is 11.5 Å². The molecule has 0 saturated heterocycles. The van der Waals surface area contributed by atoms with Gasteiger partial charge in [0.1, 0.15) is 18.1 Å². The molecule has 0 fully saturated rings. The predicted octanol–water partition coefficient (Wildman–Crippen LogP) is 3.36. The van der Waals surface area contributed by atoms with Gasteiger partial charge in [0.05, 0.1) is 6.61 Å². The molecule has 0 aliphatic heterocycles. The van der Waals surface area contributed by atoms with Crippen LogP contribution in [0, 0.1) is 0 Å². The highest BCUT2D eigenvalue weighted by atomic mass is 19.3. The van der Waals surface area contributed by atoms with E-state index in [1.807, 2.05) is 0 Å². The van der Waals surface area contributed by atoms with Gasteiger partial charge in [0.15, 0.2) is 0 Å². The minimum Gasteiger partial charge on any atom is -0.489 e. The van der Waals surface area contributed by atoms with Crippen LogP contribution < -0.4 is 9.47 Å². The van der Waals surface area contributed by atoms with Crippen molar-refractivity contribution < 1.29 is 23.4 Å². The number of halogens is 2. The minimum absolute atomic E-state index is 0.0606. The van der Waals surface area contributed by atoms with Crippen molar-refractivity contribution in [2.75, 3.05) is 0 Å². The number of rotatable bonds is 6. The fourth-order valence-electron chi connectivity index (χ4n) is 1.71. The molecule has 0 heterocycles. The third-order valence-corrected chi connectivity index (χ3v) is 2.61. The van der Waals surface area contributed by atoms with E-state index in [1.165, 1.54) is 12.1 Å². The first-order chi connectivity index (χ1) is 9.67. The van der Waals surface area contributed by atoms with E-state index in [1.54, 1.807) is 36.4 Å². The van der Waals surface area contributed by atoms with Crippen LogP contribution in [0.1, 0.15) is 11.1 Å². The number of hydrogen-bond donors (Lipinski definition) is 1. The number of aliphatic hydroxyl groups is 1. The number of aliphatic hydroxyl groups excluding tert-OH is 1. The number of ether oxygens (including phenoxy) is 2. The molecule has 3 nitrogen and oxygen atoms in total. The molecule has 20 heavy (non-hydrogen) atoms. The minimum atomic E-state index is -2.84. The first kappa shape index (κ1) is 14.3. The van der Waals surface area contributed by atoms with Gasteiger partial charge in [-0.25, -0.2) is 0 Å². The summed E-state index contributed by atoms with van der Waals surface area (Å²) in [7, 11) is 0. The van der Waals surface area contributed by atoms with Crippen LogP contribution in [-0.2, 0) is 13.2 Å². The Labute approximate surface area is 115 Å². The van der Waals surface area contributed by atoms with E-state index in [0.29, 0.717) is 5.75 Å². The highest BCUT2D eigenvalue weighted by Crippen LogP contribution is 2.19. The normalized spacial score (nSPS) is 10.6. The Balaban J connectivity index is 1.99. The predicted molar refractivity (Wildman–Crippen MR) is 69.8 cm³/mol. The van der Waals surface area contributed by atoms with Crippen LogP contribution in [0.15, 0.2) is 48.5 Å². The maximum atomic E-state index is 12.1. The lowest BCUT2D eigenvalue weighted by Crippen LogP contribution is -2.03. The van der Waals surface area contributed by atoms with Crippen molar-refractivity contribution in [1.29, 1.82) is 0 Å². The van der Waals surface area contributed by atoms with Crippen molar-refractivity contribution in [3.63, 3.8) is 0 Å². The summed E-state index contributed by atoms with van der Waals surface area (Å²) in [4.78, 5) is 0. The molecule has 0 aliphatic rings. The molecule has 0 bridgehead atoms. The molecule has 5 heteroatoms. The van der Waals surface area contributed by atoms with Gasteiger partial charge in [-0.3, -0.25) is 0 Å². The molecule has 0 aromatic heterocycles. The summed E-state index contributed by atoms with van der Waals surface area (Å²) < 4.78 is 34.1. The summed E-state index contributed by atoms with van der Waals surface area (Å²) in [6.45, 7) is -2.67. The highest BCUT2D eigenvalue weighted by molar-refractivity contribution is 5.30. The maximum absolute atomic E-state index is 12.1. The molecule has 1 N–H and O–H groups in total. The Bertz CT molecular complexity index is 558.